The Hall–Kier alpha value is -3.03. The fraction of sp³-hybridized carbons (Fsp3) is 0.522. The number of ether oxygens (including phenoxy) is 1. The molecule has 0 bridgehead atoms. The first-order valence-corrected chi connectivity index (χ1v) is 10.2. The van der Waals surface area contributed by atoms with Gasteiger partial charge in [-0.25, -0.2) is 0 Å². The van der Waals surface area contributed by atoms with Gasteiger partial charge in [0.05, 0.1) is 6.61 Å². The van der Waals surface area contributed by atoms with Crippen molar-refractivity contribution in [3.05, 3.63) is 57.2 Å². The van der Waals surface area contributed by atoms with Gasteiger partial charge in [-0.2, -0.15) is 0 Å². The van der Waals surface area contributed by atoms with Crippen LogP contribution in [0.5, 0.6) is 11.5 Å². The van der Waals surface area contributed by atoms with Crippen LogP contribution < -0.4 is 0 Å². The molecule has 1 aliphatic carbocycles. The molecule has 0 spiro atoms. The van der Waals surface area contributed by atoms with E-state index in [0.717, 1.165) is 24.0 Å². The number of hydrogen-bond acceptors (Lipinski definition) is 7. The number of phenols is 2. The molecule has 2 atom stereocenters. The number of benzene rings is 1. The van der Waals surface area contributed by atoms with E-state index in [1.807, 2.05) is 26.8 Å². The number of nitrogens with zero attached hydrogens (tertiary/aromatic N) is 1. The number of allylic oxidation sites excluding steroid dienone is 2. The average molecular weight is 434 g/mol. The summed E-state index contributed by atoms with van der Waals surface area (Å²) in [5, 5.41) is 31.3. The average Bonchev–Trinajstić information content (AvgIpc) is 2.65. The summed E-state index contributed by atoms with van der Waals surface area (Å²) in [5.74, 6) is -0.770. The van der Waals surface area contributed by atoms with Gasteiger partial charge in [-0.3, -0.25) is 4.79 Å². The molecule has 0 saturated carbocycles. The fourth-order valence-corrected chi connectivity index (χ4v) is 4.00. The van der Waals surface area contributed by atoms with E-state index in [1.54, 1.807) is 12.1 Å². The summed E-state index contributed by atoms with van der Waals surface area (Å²) >= 11 is 0. The predicted octanol–water partition coefficient (Wildman–Crippen LogP) is 4.53. The van der Waals surface area contributed by atoms with E-state index in [2.05, 4.69) is 11.4 Å². The van der Waals surface area contributed by atoms with Gasteiger partial charge in [0.2, 0.25) is 0 Å². The molecule has 1 aromatic carbocycles. The van der Waals surface area contributed by atoms with E-state index < -0.39 is 10.5 Å². The van der Waals surface area contributed by atoms with Crippen molar-refractivity contribution in [2.45, 2.75) is 58.3 Å². The first-order chi connectivity index (χ1) is 14.4. The van der Waals surface area contributed by atoms with E-state index in [0.29, 0.717) is 17.5 Å². The highest BCUT2D eigenvalue weighted by atomic mass is 16.9. The Morgan fingerprint density at radius 1 is 1.29 bits per heavy atom. The lowest BCUT2D eigenvalue weighted by molar-refractivity contribution is -0.758. The molecule has 0 aromatic heterocycles. The highest BCUT2D eigenvalue weighted by Gasteiger charge is 2.32. The maximum absolute atomic E-state index is 11.2. The van der Waals surface area contributed by atoms with E-state index in [-0.39, 0.29) is 42.5 Å². The lowest BCUT2D eigenvalue weighted by Gasteiger charge is -2.33. The Labute approximate surface area is 182 Å². The summed E-state index contributed by atoms with van der Waals surface area (Å²) in [4.78, 5) is 26.0. The van der Waals surface area contributed by atoms with E-state index in [4.69, 9.17) is 4.74 Å². The van der Waals surface area contributed by atoms with Gasteiger partial charge in [0.15, 0.2) is 0 Å². The van der Waals surface area contributed by atoms with Crippen LogP contribution >= 0.6 is 0 Å². The molecule has 2 N–H and O–H groups in total. The summed E-state index contributed by atoms with van der Waals surface area (Å²) in [7, 11) is 0. The number of carbonyl (C=O) groups is 1. The van der Waals surface area contributed by atoms with Crippen molar-refractivity contribution in [3.8, 4) is 11.5 Å². The van der Waals surface area contributed by atoms with Crippen molar-refractivity contribution in [2.24, 2.45) is 5.92 Å². The molecule has 0 saturated heterocycles. The second-order valence-electron chi connectivity index (χ2n) is 8.74. The molecule has 31 heavy (non-hydrogen) atoms. The van der Waals surface area contributed by atoms with Crippen LogP contribution in [0.25, 0.3) is 0 Å². The largest absolute Gasteiger partial charge is 0.507 e. The quantitative estimate of drug-likeness (QED) is 0.254. The van der Waals surface area contributed by atoms with Crippen LogP contribution in [0.4, 0.5) is 0 Å². The summed E-state index contributed by atoms with van der Waals surface area (Å²) < 4.78 is 5.13. The summed E-state index contributed by atoms with van der Waals surface area (Å²) in [6, 6.07) is 3.18. The molecule has 0 fully saturated rings. The van der Waals surface area contributed by atoms with Crippen LogP contribution in [0.3, 0.4) is 0 Å². The van der Waals surface area contributed by atoms with Gasteiger partial charge in [0.25, 0.3) is 5.09 Å². The third-order valence-electron chi connectivity index (χ3n) is 5.89. The molecular weight excluding hydrogens is 402 g/mol. The molecule has 1 aromatic rings. The van der Waals surface area contributed by atoms with Crippen molar-refractivity contribution in [2.75, 3.05) is 13.2 Å². The minimum Gasteiger partial charge on any atom is -0.507 e. The molecule has 8 heteroatoms. The first-order valence-electron chi connectivity index (χ1n) is 10.2. The number of hydrogen-bond donors (Lipinski definition) is 2. The third-order valence-corrected chi connectivity index (χ3v) is 5.89. The van der Waals surface area contributed by atoms with Crippen LogP contribution in [0.2, 0.25) is 0 Å². The Balaban J connectivity index is 2.38. The molecule has 170 valence electrons. The van der Waals surface area contributed by atoms with Gasteiger partial charge in [-0.15, -0.1) is 10.1 Å². The summed E-state index contributed by atoms with van der Waals surface area (Å²) in [5.41, 5.74) is 2.34. The van der Waals surface area contributed by atoms with Crippen LogP contribution in [0.1, 0.15) is 64.0 Å². The minimum absolute atomic E-state index is 0.0187. The highest BCUT2D eigenvalue weighted by Crippen LogP contribution is 2.47. The highest BCUT2D eigenvalue weighted by molar-refractivity contribution is 5.66. The Morgan fingerprint density at radius 3 is 2.42 bits per heavy atom. The zero-order chi connectivity index (χ0) is 23.3. The maximum atomic E-state index is 11.2. The van der Waals surface area contributed by atoms with Crippen molar-refractivity contribution in [3.63, 3.8) is 0 Å². The van der Waals surface area contributed by atoms with Crippen LogP contribution in [0.15, 0.2) is 35.9 Å². The second-order valence-corrected chi connectivity index (χ2v) is 8.74. The standard InChI is InChI=1S/C23H31NO7/c1-14(2)18-7-6-16(13-30-15(3)25)10-19(18)22-20(26)11-17(12-21(22)27)23(4,5)8-9-31-24(28)29/h10-12,18-19,26-27H,1,6-9,13H2,2-5H3/t18-,19+/m1/s1. The minimum atomic E-state index is -0.839. The van der Waals surface area contributed by atoms with Crippen LogP contribution in [0, 0.1) is 16.0 Å². The molecule has 0 unspecified atom stereocenters. The van der Waals surface area contributed by atoms with Gasteiger partial charge in [0.1, 0.15) is 18.1 Å². The molecular formula is C23H31NO7. The topological polar surface area (TPSA) is 119 Å². The zero-order valence-corrected chi connectivity index (χ0v) is 18.5. The Morgan fingerprint density at radius 2 is 1.90 bits per heavy atom. The number of esters is 1. The van der Waals surface area contributed by atoms with Crippen molar-refractivity contribution < 1.29 is 29.7 Å². The number of carbonyl (C=O) groups excluding carboxylic acids is 1. The zero-order valence-electron chi connectivity index (χ0n) is 18.5. The molecule has 1 aliphatic rings. The third kappa shape index (κ3) is 6.23. The SMILES string of the molecule is C=C(C)[C@H]1CCC(COC(C)=O)=C[C@@H]1c1c(O)cc(C(C)(C)CCO[N+](=O)[O-])cc1O. The van der Waals surface area contributed by atoms with Crippen LogP contribution in [-0.2, 0) is 19.8 Å². The van der Waals surface area contributed by atoms with E-state index in [9.17, 15) is 25.1 Å². The first kappa shape index (κ1) is 24.2. The normalized spacial score (nSPS) is 18.8. The second kappa shape index (κ2) is 9.85. The number of phenolic OH excluding ortho intramolecular Hbond substituents is 2. The summed E-state index contributed by atoms with van der Waals surface area (Å²) in [6.07, 6.45) is 3.77. The van der Waals surface area contributed by atoms with Gasteiger partial charge < -0.3 is 19.8 Å². The predicted molar refractivity (Wildman–Crippen MR) is 115 cm³/mol. The lowest BCUT2D eigenvalue weighted by Crippen LogP contribution is -2.22. The van der Waals surface area contributed by atoms with Gasteiger partial charge >= 0.3 is 5.97 Å². The molecule has 0 amide bonds. The van der Waals surface area contributed by atoms with Crippen molar-refractivity contribution >= 4 is 5.97 Å². The summed E-state index contributed by atoms with van der Waals surface area (Å²) in [6.45, 7) is 11.2. The van der Waals surface area contributed by atoms with Gasteiger partial charge in [-0.05, 0) is 60.8 Å². The Bertz CT molecular complexity index is 865. The van der Waals surface area contributed by atoms with E-state index in [1.165, 1.54) is 6.92 Å². The molecule has 2 rings (SSSR count). The molecule has 0 heterocycles. The molecule has 0 aliphatic heterocycles. The lowest BCUT2D eigenvalue weighted by atomic mass is 9.72. The Kier molecular flexibility index (Phi) is 7.70. The van der Waals surface area contributed by atoms with Gasteiger partial charge in [0, 0.05) is 18.4 Å². The van der Waals surface area contributed by atoms with Crippen molar-refractivity contribution in [1.29, 1.82) is 0 Å². The maximum Gasteiger partial charge on any atom is 0.302 e. The van der Waals surface area contributed by atoms with Gasteiger partial charge in [-0.1, -0.05) is 32.1 Å². The van der Waals surface area contributed by atoms with Crippen LogP contribution in [-0.4, -0.2) is 34.5 Å². The fourth-order valence-electron chi connectivity index (χ4n) is 4.00. The van der Waals surface area contributed by atoms with Crippen molar-refractivity contribution in [1.82, 2.24) is 0 Å². The molecule has 8 nitrogen and oxygen atoms in total. The number of rotatable bonds is 9. The molecule has 0 radical (unpaired) electrons. The monoisotopic (exact) mass is 433 g/mol. The van der Waals surface area contributed by atoms with E-state index >= 15 is 0 Å². The smallest absolute Gasteiger partial charge is 0.302 e. The number of aromatic hydroxyl groups is 2.